The second kappa shape index (κ2) is 7.71. The molecule has 2 heterocycles. The van der Waals surface area contributed by atoms with Crippen LogP contribution in [-0.2, 0) is 6.54 Å². The first-order chi connectivity index (χ1) is 12.3. The molecular formula is C21H30N4. The Morgan fingerprint density at radius 2 is 1.84 bits per heavy atom. The summed E-state index contributed by atoms with van der Waals surface area (Å²) in [5, 5.41) is 0. The first-order valence-corrected chi connectivity index (χ1v) is 9.79. The summed E-state index contributed by atoms with van der Waals surface area (Å²) in [6.07, 6.45) is 10.9. The summed E-state index contributed by atoms with van der Waals surface area (Å²) in [6.45, 7) is 4.36. The van der Waals surface area contributed by atoms with Crippen molar-refractivity contribution in [2.75, 3.05) is 26.7 Å². The molecular weight excluding hydrogens is 308 g/mol. The first-order valence-electron chi connectivity index (χ1n) is 9.79. The molecule has 1 aromatic carbocycles. The third-order valence-corrected chi connectivity index (χ3v) is 5.96. The molecule has 1 unspecified atom stereocenters. The van der Waals surface area contributed by atoms with Gasteiger partial charge in [0.2, 0.25) is 0 Å². The summed E-state index contributed by atoms with van der Waals surface area (Å²) in [7, 11) is 2.24. The van der Waals surface area contributed by atoms with Crippen LogP contribution in [0.3, 0.4) is 0 Å². The first kappa shape index (κ1) is 16.8. The Hall–Kier alpha value is -1.65. The topological polar surface area (TPSA) is 24.3 Å². The SMILES string of the molecule is CN1CCN(Cc2cncn2C2CCCCC2)C(c2ccccc2)C1. The van der Waals surface area contributed by atoms with E-state index in [2.05, 4.69) is 69.3 Å². The standard InChI is InChI=1S/C21H30N4/c1-23-12-13-24(21(16-23)18-8-4-2-5-9-18)15-20-14-22-17-25(20)19-10-6-3-7-11-19/h2,4-5,8-9,14,17,19,21H,3,6-7,10-13,15-16H2,1H3. The Bertz CT molecular complexity index is 660. The molecule has 1 saturated carbocycles. The lowest BCUT2D eigenvalue weighted by Gasteiger charge is -2.40. The number of aromatic nitrogens is 2. The Kier molecular flexibility index (Phi) is 5.18. The smallest absolute Gasteiger partial charge is 0.0951 e. The molecule has 2 aromatic rings. The lowest BCUT2D eigenvalue weighted by atomic mass is 9.95. The molecule has 1 saturated heterocycles. The van der Waals surface area contributed by atoms with Gasteiger partial charge in [-0.2, -0.15) is 0 Å². The lowest BCUT2D eigenvalue weighted by molar-refractivity contribution is 0.0805. The molecule has 0 bridgehead atoms. The van der Waals surface area contributed by atoms with Crippen LogP contribution in [0.15, 0.2) is 42.9 Å². The Morgan fingerprint density at radius 3 is 2.64 bits per heavy atom. The molecule has 1 aromatic heterocycles. The van der Waals surface area contributed by atoms with E-state index in [0.29, 0.717) is 12.1 Å². The van der Waals surface area contributed by atoms with E-state index in [1.54, 1.807) is 0 Å². The summed E-state index contributed by atoms with van der Waals surface area (Å²) < 4.78 is 2.47. The van der Waals surface area contributed by atoms with E-state index in [1.807, 2.05) is 0 Å². The number of benzene rings is 1. The maximum atomic E-state index is 4.50. The van der Waals surface area contributed by atoms with Gasteiger partial charge in [-0.15, -0.1) is 0 Å². The van der Waals surface area contributed by atoms with Gasteiger partial charge in [-0.3, -0.25) is 4.90 Å². The molecule has 4 rings (SSSR count). The zero-order valence-corrected chi connectivity index (χ0v) is 15.3. The zero-order chi connectivity index (χ0) is 17.1. The maximum absolute atomic E-state index is 4.50. The zero-order valence-electron chi connectivity index (χ0n) is 15.3. The molecule has 2 fully saturated rings. The molecule has 4 heteroatoms. The van der Waals surface area contributed by atoms with Gasteiger partial charge in [-0.25, -0.2) is 4.98 Å². The predicted octanol–water partition coefficient (Wildman–Crippen LogP) is 3.88. The van der Waals surface area contributed by atoms with Crippen molar-refractivity contribution < 1.29 is 0 Å². The fourth-order valence-electron chi connectivity index (χ4n) is 4.49. The highest BCUT2D eigenvalue weighted by Gasteiger charge is 2.28. The quantitative estimate of drug-likeness (QED) is 0.845. The number of piperazine rings is 1. The monoisotopic (exact) mass is 338 g/mol. The van der Waals surface area contributed by atoms with Gasteiger partial charge in [-0.1, -0.05) is 49.6 Å². The maximum Gasteiger partial charge on any atom is 0.0951 e. The summed E-state index contributed by atoms with van der Waals surface area (Å²) >= 11 is 0. The summed E-state index contributed by atoms with van der Waals surface area (Å²) in [5.74, 6) is 0. The number of nitrogens with zero attached hydrogens (tertiary/aromatic N) is 4. The van der Waals surface area contributed by atoms with E-state index in [0.717, 1.165) is 26.2 Å². The van der Waals surface area contributed by atoms with Gasteiger partial charge in [0, 0.05) is 44.5 Å². The van der Waals surface area contributed by atoms with Gasteiger partial charge in [0.15, 0.2) is 0 Å². The average Bonchev–Trinajstić information content (AvgIpc) is 3.13. The third kappa shape index (κ3) is 3.80. The second-order valence-electron chi connectivity index (χ2n) is 7.74. The molecule has 134 valence electrons. The third-order valence-electron chi connectivity index (χ3n) is 5.96. The van der Waals surface area contributed by atoms with Crippen molar-refractivity contribution in [2.45, 2.75) is 50.7 Å². The Morgan fingerprint density at radius 1 is 1.04 bits per heavy atom. The van der Waals surface area contributed by atoms with E-state index < -0.39 is 0 Å². The van der Waals surface area contributed by atoms with Gasteiger partial charge in [0.25, 0.3) is 0 Å². The van der Waals surface area contributed by atoms with Gasteiger partial charge < -0.3 is 9.47 Å². The fourth-order valence-corrected chi connectivity index (χ4v) is 4.49. The largest absolute Gasteiger partial charge is 0.330 e. The number of rotatable bonds is 4. The van der Waals surface area contributed by atoms with Crippen molar-refractivity contribution >= 4 is 0 Å². The van der Waals surface area contributed by atoms with E-state index in [9.17, 15) is 0 Å². The number of likely N-dealkylation sites (N-methyl/N-ethyl adjacent to an activating group) is 1. The number of imidazole rings is 1. The molecule has 0 spiro atoms. The van der Waals surface area contributed by atoms with E-state index in [1.165, 1.54) is 43.4 Å². The highest BCUT2D eigenvalue weighted by molar-refractivity contribution is 5.20. The predicted molar refractivity (Wildman–Crippen MR) is 101 cm³/mol. The van der Waals surface area contributed by atoms with Crippen molar-refractivity contribution in [3.8, 4) is 0 Å². The molecule has 0 radical (unpaired) electrons. The van der Waals surface area contributed by atoms with Gasteiger partial charge >= 0.3 is 0 Å². The minimum atomic E-state index is 0.467. The van der Waals surface area contributed by atoms with Crippen LogP contribution in [0.5, 0.6) is 0 Å². The van der Waals surface area contributed by atoms with Gasteiger partial charge in [0.1, 0.15) is 0 Å². The van der Waals surface area contributed by atoms with Crippen LogP contribution in [0.1, 0.15) is 55.4 Å². The van der Waals surface area contributed by atoms with Crippen LogP contribution in [0.4, 0.5) is 0 Å². The van der Waals surface area contributed by atoms with Crippen molar-refractivity contribution in [1.82, 2.24) is 19.4 Å². The molecule has 1 aliphatic heterocycles. The highest BCUT2D eigenvalue weighted by atomic mass is 15.3. The van der Waals surface area contributed by atoms with Crippen LogP contribution < -0.4 is 0 Å². The van der Waals surface area contributed by atoms with Crippen molar-refractivity contribution in [3.63, 3.8) is 0 Å². The fraction of sp³-hybridized carbons (Fsp3) is 0.571. The summed E-state index contributed by atoms with van der Waals surface area (Å²) in [4.78, 5) is 9.60. The molecule has 0 amide bonds. The molecule has 2 aliphatic rings. The minimum absolute atomic E-state index is 0.467. The van der Waals surface area contributed by atoms with Crippen molar-refractivity contribution in [2.24, 2.45) is 0 Å². The summed E-state index contributed by atoms with van der Waals surface area (Å²) in [5.41, 5.74) is 2.81. The van der Waals surface area contributed by atoms with Crippen LogP contribution in [0.2, 0.25) is 0 Å². The summed E-state index contributed by atoms with van der Waals surface area (Å²) in [6, 6.07) is 12.1. The second-order valence-corrected chi connectivity index (χ2v) is 7.74. The van der Waals surface area contributed by atoms with Gasteiger partial charge in [0.05, 0.1) is 12.0 Å². The Balaban J connectivity index is 1.53. The van der Waals surface area contributed by atoms with Crippen molar-refractivity contribution in [1.29, 1.82) is 0 Å². The minimum Gasteiger partial charge on any atom is -0.330 e. The average molecular weight is 338 g/mol. The highest BCUT2D eigenvalue weighted by Crippen LogP contribution is 2.31. The van der Waals surface area contributed by atoms with E-state index in [-0.39, 0.29) is 0 Å². The van der Waals surface area contributed by atoms with Crippen LogP contribution in [-0.4, -0.2) is 46.0 Å². The van der Waals surface area contributed by atoms with Crippen LogP contribution in [0.25, 0.3) is 0 Å². The van der Waals surface area contributed by atoms with Crippen molar-refractivity contribution in [3.05, 3.63) is 54.1 Å². The van der Waals surface area contributed by atoms with E-state index in [4.69, 9.17) is 0 Å². The van der Waals surface area contributed by atoms with Crippen LogP contribution >= 0.6 is 0 Å². The normalized spacial score (nSPS) is 23.8. The molecule has 1 atom stereocenters. The van der Waals surface area contributed by atoms with Crippen LogP contribution in [0, 0.1) is 0 Å². The Labute approximate surface area is 151 Å². The van der Waals surface area contributed by atoms with E-state index >= 15 is 0 Å². The van der Waals surface area contributed by atoms with Gasteiger partial charge in [-0.05, 0) is 25.5 Å². The molecule has 25 heavy (non-hydrogen) atoms. The number of hydrogen-bond donors (Lipinski definition) is 0. The number of hydrogen-bond acceptors (Lipinski definition) is 3. The molecule has 4 nitrogen and oxygen atoms in total. The molecule has 1 aliphatic carbocycles. The lowest BCUT2D eigenvalue weighted by Crippen LogP contribution is -2.46. The molecule has 0 N–H and O–H groups in total.